The topological polar surface area (TPSA) is 71.8 Å². The van der Waals surface area contributed by atoms with E-state index < -0.39 is 0 Å². The van der Waals surface area contributed by atoms with E-state index in [1.165, 1.54) is 44.2 Å². The van der Waals surface area contributed by atoms with Crippen molar-refractivity contribution in [3.8, 4) is 5.69 Å². The molecule has 2 fully saturated rings. The van der Waals surface area contributed by atoms with Crippen LogP contribution < -0.4 is 10.2 Å². The zero-order chi connectivity index (χ0) is 21.8. The minimum Gasteiger partial charge on any atom is -0.385 e. The molecule has 168 valence electrons. The lowest BCUT2D eigenvalue weighted by Crippen LogP contribution is -2.35. The summed E-state index contributed by atoms with van der Waals surface area (Å²) in [5, 5.41) is 11.9. The van der Waals surface area contributed by atoms with Crippen LogP contribution in [0.5, 0.6) is 0 Å². The summed E-state index contributed by atoms with van der Waals surface area (Å²) in [4.78, 5) is 11.0. The summed E-state index contributed by atoms with van der Waals surface area (Å²) in [7, 11) is 0. The Morgan fingerprint density at radius 1 is 0.969 bits per heavy atom. The Morgan fingerprint density at radius 3 is 2.41 bits per heavy atom. The van der Waals surface area contributed by atoms with Gasteiger partial charge in [-0.2, -0.15) is 0 Å². The highest BCUT2D eigenvalue weighted by Gasteiger charge is 2.38. The molecule has 2 aliphatic rings. The minimum absolute atomic E-state index is 0.597. The largest absolute Gasteiger partial charge is 0.385 e. The van der Waals surface area contributed by atoms with E-state index in [-0.39, 0.29) is 0 Å². The van der Waals surface area contributed by atoms with Gasteiger partial charge in [0.15, 0.2) is 0 Å². The number of piperidine rings is 1. The van der Waals surface area contributed by atoms with Gasteiger partial charge in [0.1, 0.15) is 12.7 Å². The van der Waals surface area contributed by atoms with Gasteiger partial charge >= 0.3 is 0 Å². The number of aromatic nitrogens is 5. The first-order valence-electron chi connectivity index (χ1n) is 11.7. The summed E-state index contributed by atoms with van der Waals surface area (Å²) in [6, 6.07) is 8.42. The first-order chi connectivity index (χ1) is 15.7. The number of rotatable bonds is 9. The fourth-order valence-electron chi connectivity index (χ4n) is 4.90. The van der Waals surface area contributed by atoms with Crippen molar-refractivity contribution in [1.29, 1.82) is 0 Å². The van der Waals surface area contributed by atoms with Crippen LogP contribution in [-0.2, 0) is 0 Å². The number of benzene rings is 1. The predicted molar refractivity (Wildman–Crippen MR) is 127 cm³/mol. The molecular formula is C24H30ClN7. The number of hydrogen-bond donors (Lipinski definition) is 1. The van der Waals surface area contributed by atoms with Crippen LogP contribution in [0.3, 0.4) is 0 Å². The van der Waals surface area contributed by atoms with Gasteiger partial charge in [-0.25, -0.2) is 9.97 Å². The van der Waals surface area contributed by atoms with Crippen LogP contribution in [0.4, 0.5) is 11.6 Å². The van der Waals surface area contributed by atoms with E-state index in [1.54, 1.807) is 25.0 Å². The van der Waals surface area contributed by atoms with Crippen molar-refractivity contribution in [3.63, 3.8) is 0 Å². The standard InChI is InChI=1S/C24H30ClN7/c25-21-14-27-24(28-15-21)31-10-7-18(8-11-31)12-20-13-19(20)2-1-9-26-22-3-5-23(6-4-22)32-16-29-30-17-32/h3-6,14-20,26H,1-2,7-13H2. The van der Waals surface area contributed by atoms with E-state index in [2.05, 4.69) is 54.6 Å². The predicted octanol–water partition coefficient (Wildman–Crippen LogP) is 4.85. The number of nitrogens with zero attached hydrogens (tertiary/aromatic N) is 6. The van der Waals surface area contributed by atoms with Crippen LogP contribution in [0.1, 0.15) is 38.5 Å². The molecule has 3 heterocycles. The Hall–Kier alpha value is -2.67. The van der Waals surface area contributed by atoms with Gasteiger partial charge in [0.25, 0.3) is 0 Å². The normalized spacial score (nSPS) is 21.0. The van der Waals surface area contributed by atoms with E-state index in [0.717, 1.165) is 49.0 Å². The van der Waals surface area contributed by atoms with Crippen molar-refractivity contribution in [2.24, 2.45) is 17.8 Å². The van der Waals surface area contributed by atoms with Crippen molar-refractivity contribution in [2.45, 2.75) is 38.5 Å². The molecule has 1 aliphatic carbocycles. The second-order valence-corrected chi connectivity index (χ2v) is 9.54. The molecule has 0 radical (unpaired) electrons. The molecule has 0 bridgehead atoms. The molecule has 7 nitrogen and oxygen atoms in total. The minimum atomic E-state index is 0.597. The highest BCUT2D eigenvalue weighted by atomic mass is 35.5. The maximum absolute atomic E-state index is 5.90. The molecule has 2 aromatic heterocycles. The van der Waals surface area contributed by atoms with Gasteiger partial charge in [-0.05, 0) is 80.5 Å². The molecule has 1 N–H and O–H groups in total. The van der Waals surface area contributed by atoms with Gasteiger partial charge in [-0.1, -0.05) is 11.6 Å². The summed E-state index contributed by atoms with van der Waals surface area (Å²) in [6.45, 7) is 3.15. The molecular weight excluding hydrogens is 422 g/mol. The second kappa shape index (κ2) is 9.86. The van der Waals surface area contributed by atoms with Crippen LogP contribution in [0.15, 0.2) is 49.3 Å². The molecule has 0 spiro atoms. The Kier molecular flexibility index (Phi) is 6.53. The number of nitrogens with one attached hydrogen (secondary N) is 1. The van der Waals surface area contributed by atoms with Crippen molar-refractivity contribution in [2.75, 3.05) is 29.9 Å². The van der Waals surface area contributed by atoms with Crippen LogP contribution >= 0.6 is 11.6 Å². The fraction of sp³-hybridized carbons (Fsp3) is 0.500. The molecule has 1 saturated carbocycles. The maximum Gasteiger partial charge on any atom is 0.225 e. The average Bonchev–Trinajstić information content (AvgIpc) is 3.31. The monoisotopic (exact) mass is 451 g/mol. The maximum atomic E-state index is 5.90. The zero-order valence-corrected chi connectivity index (χ0v) is 19.0. The summed E-state index contributed by atoms with van der Waals surface area (Å²) in [5.41, 5.74) is 2.25. The summed E-state index contributed by atoms with van der Waals surface area (Å²) in [5.74, 6) is 3.56. The third-order valence-electron chi connectivity index (χ3n) is 6.87. The van der Waals surface area contributed by atoms with E-state index in [9.17, 15) is 0 Å². The zero-order valence-electron chi connectivity index (χ0n) is 18.3. The van der Waals surface area contributed by atoms with Crippen LogP contribution in [0.25, 0.3) is 5.69 Å². The molecule has 32 heavy (non-hydrogen) atoms. The van der Waals surface area contributed by atoms with Crippen molar-refractivity contribution < 1.29 is 0 Å². The van der Waals surface area contributed by atoms with Gasteiger partial charge in [0.05, 0.1) is 17.4 Å². The molecule has 2 unspecified atom stereocenters. The van der Waals surface area contributed by atoms with Crippen molar-refractivity contribution in [1.82, 2.24) is 24.7 Å². The van der Waals surface area contributed by atoms with Gasteiger partial charge in [-0.15, -0.1) is 10.2 Å². The van der Waals surface area contributed by atoms with E-state index in [4.69, 9.17) is 11.6 Å². The number of anilines is 2. The van der Waals surface area contributed by atoms with Gasteiger partial charge in [0.2, 0.25) is 5.95 Å². The average molecular weight is 452 g/mol. The Labute approximate surface area is 194 Å². The number of halogens is 1. The molecule has 1 aromatic carbocycles. The van der Waals surface area contributed by atoms with Gasteiger partial charge in [0, 0.05) is 31.0 Å². The summed E-state index contributed by atoms with van der Waals surface area (Å²) < 4.78 is 1.91. The first-order valence-corrected chi connectivity index (χ1v) is 12.0. The molecule has 1 saturated heterocycles. The van der Waals surface area contributed by atoms with E-state index in [0.29, 0.717) is 5.02 Å². The molecule has 3 aromatic rings. The van der Waals surface area contributed by atoms with Crippen molar-refractivity contribution in [3.05, 3.63) is 54.3 Å². The highest BCUT2D eigenvalue weighted by Crippen LogP contribution is 2.47. The second-order valence-electron chi connectivity index (χ2n) is 9.11. The van der Waals surface area contributed by atoms with Crippen LogP contribution in [-0.4, -0.2) is 44.4 Å². The molecule has 1 aliphatic heterocycles. The van der Waals surface area contributed by atoms with E-state index >= 15 is 0 Å². The lowest BCUT2D eigenvalue weighted by atomic mass is 9.91. The molecule has 0 amide bonds. The van der Waals surface area contributed by atoms with Gasteiger partial charge in [-0.3, -0.25) is 4.57 Å². The van der Waals surface area contributed by atoms with Crippen LogP contribution in [0, 0.1) is 17.8 Å². The first kappa shape index (κ1) is 21.2. The van der Waals surface area contributed by atoms with Gasteiger partial charge < -0.3 is 10.2 Å². The van der Waals surface area contributed by atoms with Crippen molar-refractivity contribution >= 4 is 23.2 Å². The lowest BCUT2D eigenvalue weighted by Gasteiger charge is -2.32. The smallest absolute Gasteiger partial charge is 0.225 e. The quantitative estimate of drug-likeness (QED) is 0.469. The third kappa shape index (κ3) is 5.38. The van der Waals surface area contributed by atoms with E-state index in [1.807, 2.05) is 4.57 Å². The Balaban J connectivity index is 0.964. The summed E-state index contributed by atoms with van der Waals surface area (Å²) in [6.07, 6.45) is 14.7. The van der Waals surface area contributed by atoms with Crippen LogP contribution in [0.2, 0.25) is 5.02 Å². The fourth-order valence-corrected chi connectivity index (χ4v) is 5.00. The highest BCUT2D eigenvalue weighted by molar-refractivity contribution is 6.30. The molecule has 2 atom stereocenters. The Bertz CT molecular complexity index is 967. The third-order valence-corrected chi connectivity index (χ3v) is 7.07. The molecule has 5 rings (SSSR count). The lowest BCUT2D eigenvalue weighted by molar-refractivity contribution is 0.353. The summed E-state index contributed by atoms with van der Waals surface area (Å²) >= 11 is 5.90. The Morgan fingerprint density at radius 2 is 1.69 bits per heavy atom. The molecule has 8 heteroatoms. The number of hydrogen-bond acceptors (Lipinski definition) is 6. The SMILES string of the molecule is Clc1cnc(N2CCC(CC3CC3CCCNc3ccc(-n4cnnc4)cc3)CC2)nc1.